The lowest BCUT2D eigenvalue weighted by Crippen LogP contribution is -2.40. The van der Waals surface area contributed by atoms with E-state index in [1.54, 1.807) is 12.1 Å². The Labute approximate surface area is 101 Å². The molecule has 1 saturated carbocycles. The Hall–Kier alpha value is -1.62. The minimum Gasteiger partial charge on any atom is -0.364 e. The van der Waals surface area contributed by atoms with Gasteiger partial charge in [-0.1, -0.05) is 6.07 Å². The second kappa shape index (κ2) is 4.71. The summed E-state index contributed by atoms with van der Waals surface area (Å²) in [4.78, 5) is 17.4. The van der Waals surface area contributed by atoms with E-state index in [2.05, 4.69) is 4.98 Å². The van der Waals surface area contributed by atoms with E-state index >= 15 is 0 Å². The lowest BCUT2D eigenvalue weighted by atomic mass is 10.1. The summed E-state index contributed by atoms with van der Waals surface area (Å²) in [5, 5.41) is 0. The summed E-state index contributed by atoms with van der Waals surface area (Å²) < 4.78 is 0. The Kier molecular flexibility index (Phi) is 3.28. The van der Waals surface area contributed by atoms with Crippen LogP contribution in [0.25, 0.3) is 0 Å². The fourth-order valence-electron chi connectivity index (χ4n) is 2.07. The first kappa shape index (κ1) is 11.9. The number of pyridine rings is 1. The fourth-order valence-corrected chi connectivity index (χ4v) is 2.07. The van der Waals surface area contributed by atoms with Crippen LogP contribution in [-0.2, 0) is 0 Å². The Balaban J connectivity index is 2.20. The molecular formula is C12H18N4O. The third kappa shape index (κ3) is 2.55. The fraction of sp³-hybridized carbons (Fsp3) is 0.500. The maximum absolute atomic E-state index is 11.1. The van der Waals surface area contributed by atoms with E-state index in [1.807, 2.05) is 18.0 Å². The SMILES string of the molecule is CN(c1cccc(C(N)=O)n1)C(CN)C1CC1. The molecule has 0 saturated heterocycles. The highest BCUT2D eigenvalue weighted by atomic mass is 16.1. The number of amides is 1. The number of aromatic nitrogens is 1. The predicted octanol–water partition coefficient (Wildman–Crippen LogP) is 0.354. The van der Waals surface area contributed by atoms with Crippen molar-refractivity contribution in [2.45, 2.75) is 18.9 Å². The van der Waals surface area contributed by atoms with E-state index in [1.165, 1.54) is 12.8 Å². The highest BCUT2D eigenvalue weighted by Gasteiger charge is 2.33. The van der Waals surface area contributed by atoms with Gasteiger partial charge in [0.2, 0.25) is 0 Å². The highest BCUT2D eigenvalue weighted by Crippen LogP contribution is 2.35. The molecule has 4 N–H and O–H groups in total. The minimum atomic E-state index is -0.504. The second-order valence-corrected chi connectivity index (χ2v) is 4.50. The molecule has 0 spiro atoms. The van der Waals surface area contributed by atoms with Gasteiger partial charge >= 0.3 is 0 Å². The molecule has 0 radical (unpaired) electrons. The number of carbonyl (C=O) groups excluding carboxylic acids is 1. The van der Waals surface area contributed by atoms with Gasteiger partial charge in [0.05, 0.1) is 0 Å². The molecule has 1 heterocycles. The van der Waals surface area contributed by atoms with Gasteiger partial charge in [-0.15, -0.1) is 0 Å². The van der Waals surface area contributed by atoms with Gasteiger partial charge in [-0.25, -0.2) is 4.98 Å². The second-order valence-electron chi connectivity index (χ2n) is 4.50. The third-order valence-corrected chi connectivity index (χ3v) is 3.25. The van der Waals surface area contributed by atoms with Crippen molar-refractivity contribution in [1.82, 2.24) is 4.98 Å². The quantitative estimate of drug-likeness (QED) is 0.770. The summed E-state index contributed by atoms with van der Waals surface area (Å²) in [6, 6.07) is 5.58. The van der Waals surface area contributed by atoms with Gasteiger partial charge in [0.1, 0.15) is 11.5 Å². The molecule has 0 aromatic carbocycles. The van der Waals surface area contributed by atoms with Gasteiger partial charge in [0, 0.05) is 19.6 Å². The van der Waals surface area contributed by atoms with Crippen molar-refractivity contribution in [2.24, 2.45) is 17.4 Å². The number of primary amides is 1. The lowest BCUT2D eigenvalue weighted by Gasteiger charge is -2.28. The molecule has 1 unspecified atom stereocenters. The Bertz CT molecular complexity index is 417. The summed E-state index contributed by atoms with van der Waals surface area (Å²) in [5.74, 6) is 0.906. The van der Waals surface area contributed by atoms with Crippen molar-refractivity contribution in [1.29, 1.82) is 0 Å². The van der Waals surface area contributed by atoms with E-state index in [-0.39, 0.29) is 0 Å². The van der Waals surface area contributed by atoms with Gasteiger partial charge in [-0.05, 0) is 30.9 Å². The molecule has 1 atom stereocenters. The maximum Gasteiger partial charge on any atom is 0.267 e. The zero-order valence-corrected chi connectivity index (χ0v) is 9.97. The molecule has 1 aliphatic rings. The smallest absolute Gasteiger partial charge is 0.267 e. The molecule has 0 bridgehead atoms. The van der Waals surface area contributed by atoms with Crippen molar-refractivity contribution < 1.29 is 4.79 Å². The summed E-state index contributed by atoms with van der Waals surface area (Å²) >= 11 is 0. The average Bonchev–Trinajstić information content (AvgIpc) is 3.14. The number of hydrogen-bond acceptors (Lipinski definition) is 4. The summed E-state index contributed by atoms with van der Waals surface area (Å²) in [5.41, 5.74) is 11.3. The summed E-state index contributed by atoms with van der Waals surface area (Å²) in [6.45, 7) is 0.601. The van der Waals surface area contributed by atoms with Crippen molar-refractivity contribution in [2.75, 3.05) is 18.5 Å². The van der Waals surface area contributed by atoms with E-state index in [0.717, 1.165) is 5.82 Å². The number of likely N-dealkylation sites (N-methyl/N-ethyl adjacent to an activating group) is 1. The van der Waals surface area contributed by atoms with Crippen LogP contribution in [0, 0.1) is 5.92 Å². The number of carbonyl (C=O) groups is 1. The van der Waals surface area contributed by atoms with Crippen LogP contribution >= 0.6 is 0 Å². The van der Waals surface area contributed by atoms with Crippen LogP contribution in [-0.4, -0.2) is 30.5 Å². The van der Waals surface area contributed by atoms with Gasteiger partial charge in [-0.3, -0.25) is 4.79 Å². The first-order valence-corrected chi connectivity index (χ1v) is 5.83. The van der Waals surface area contributed by atoms with Crippen LogP contribution in [0.5, 0.6) is 0 Å². The standard InChI is InChI=1S/C12H18N4O/c1-16(10(7-13)8-5-6-8)11-4-2-3-9(15-11)12(14)17/h2-4,8,10H,5-7,13H2,1H3,(H2,14,17). The molecule has 1 aromatic heterocycles. The number of anilines is 1. The van der Waals surface area contributed by atoms with Crippen LogP contribution < -0.4 is 16.4 Å². The first-order valence-electron chi connectivity index (χ1n) is 5.83. The molecular weight excluding hydrogens is 216 g/mol. The van der Waals surface area contributed by atoms with Crippen LogP contribution in [0.4, 0.5) is 5.82 Å². The summed E-state index contributed by atoms with van der Waals surface area (Å²) in [7, 11) is 1.96. The van der Waals surface area contributed by atoms with Gasteiger partial charge in [0.15, 0.2) is 0 Å². The van der Waals surface area contributed by atoms with Crippen molar-refractivity contribution in [3.63, 3.8) is 0 Å². The molecule has 1 aromatic rings. The van der Waals surface area contributed by atoms with E-state index in [0.29, 0.717) is 24.2 Å². The Morgan fingerprint density at radius 1 is 1.59 bits per heavy atom. The molecule has 17 heavy (non-hydrogen) atoms. The van der Waals surface area contributed by atoms with Crippen LogP contribution in [0.1, 0.15) is 23.3 Å². The third-order valence-electron chi connectivity index (χ3n) is 3.25. The minimum absolute atomic E-state index is 0.293. The van der Waals surface area contributed by atoms with Crippen LogP contribution in [0.2, 0.25) is 0 Å². The number of hydrogen-bond donors (Lipinski definition) is 2. The molecule has 5 nitrogen and oxygen atoms in total. The van der Waals surface area contributed by atoms with Gasteiger partial charge in [0.25, 0.3) is 5.91 Å². The molecule has 5 heteroatoms. The maximum atomic E-state index is 11.1. The molecule has 92 valence electrons. The monoisotopic (exact) mass is 234 g/mol. The number of nitrogens with zero attached hydrogens (tertiary/aromatic N) is 2. The van der Waals surface area contributed by atoms with Crippen molar-refractivity contribution >= 4 is 11.7 Å². The molecule has 2 rings (SSSR count). The summed E-state index contributed by atoms with van der Waals surface area (Å²) in [6.07, 6.45) is 2.45. The predicted molar refractivity (Wildman–Crippen MR) is 66.7 cm³/mol. The zero-order valence-electron chi connectivity index (χ0n) is 9.97. The topological polar surface area (TPSA) is 85.2 Å². The van der Waals surface area contributed by atoms with Gasteiger partial charge in [-0.2, -0.15) is 0 Å². The highest BCUT2D eigenvalue weighted by molar-refractivity contribution is 5.91. The van der Waals surface area contributed by atoms with Crippen molar-refractivity contribution in [3.05, 3.63) is 23.9 Å². The lowest BCUT2D eigenvalue weighted by molar-refractivity contribution is 0.0995. The zero-order chi connectivity index (χ0) is 12.4. The Morgan fingerprint density at radius 2 is 2.29 bits per heavy atom. The molecule has 1 aliphatic carbocycles. The van der Waals surface area contributed by atoms with E-state index < -0.39 is 5.91 Å². The molecule has 0 aliphatic heterocycles. The van der Waals surface area contributed by atoms with Gasteiger partial charge < -0.3 is 16.4 Å². The normalized spacial score (nSPS) is 16.6. The number of rotatable bonds is 5. The van der Waals surface area contributed by atoms with Crippen LogP contribution in [0.15, 0.2) is 18.2 Å². The average molecular weight is 234 g/mol. The first-order chi connectivity index (χ1) is 8.13. The largest absolute Gasteiger partial charge is 0.364 e. The van der Waals surface area contributed by atoms with Crippen LogP contribution in [0.3, 0.4) is 0 Å². The molecule has 1 fully saturated rings. The van der Waals surface area contributed by atoms with E-state index in [4.69, 9.17) is 11.5 Å². The van der Waals surface area contributed by atoms with E-state index in [9.17, 15) is 4.79 Å². The Morgan fingerprint density at radius 3 is 2.82 bits per heavy atom. The molecule has 1 amide bonds. The number of nitrogens with two attached hydrogens (primary N) is 2. The van der Waals surface area contributed by atoms with Crippen molar-refractivity contribution in [3.8, 4) is 0 Å².